The van der Waals surface area contributed by atoms with Gasteiger partial charge in [0.15, 0.2) is 11.7 Å². The monoisotopic (exact) mass is 266 g/mol. The number of hydrogen-bond donors (Lipinski definition) is 0. The van der Waals surface area contributed by atoms with E-state index in [0.717, 1.165) is 18.9 Å². The summed E-state index contributed by atoms with van der Waals surface area (Å²) in [5.74, 6) is -1.68. The van der Waals surface area contributed by atoms with Gasteiger partial charge in [0, 0.05) is 5.57 Å². The second-order valence-electron chi connectivity index (χ2n) is 3.87. The van der Waals surface area contributed by atoms with Crippen LogP contribution in [0.15, 0.2) is 73.1 Å². The lowest BCUT2D eigenvalue weighted by atomic mass is 10.1. The topological polar surface area (TPSA) is 9.23 Å². The van der Waals surface area contributed by atoms with Crippen molar-refractivity contribution in [3.63, 3.8) is 0 Å². The van der Waals surface area contributed by atoms with Gasteiger partial charge in [0.1, 0.15) is 5.76 Å². The predicted molar refractivity (Wildman–Crippen MR) is 76.9 cm³/mol. The second kappa shape index (κ2) is 9.09. The molecule has 0 unspecified atom stereocenters. The van der Waals surface area contributed by atoms with Crippen molar-refractivity contribution in [2.75, 3.05) is 6.61 Å². The van der Waals surface area contributed by atoms with Crippen LogP contribution in [0.2, 0.25) is 0 Å². The Bertz CT molecular complexity index is 428. The Balaban J connectivity index is 4.49. The van der Waals surface area contributed by atoms with E-state index in [1.165, 1.54) is 6.08 Å². The third-order valence-electron chi connectivity index (χ3n) is 2.30. The minimum Gasteiger partial charge on any atom is -0.494 e. The van der Waals surface area contributed by atoms with Crippen LogP contribution in [-0.4, -0.2) is 6.61 Å². The van der Waals surface area contributed by atoms with E-state index in [2.05, 4.69) is 33.2 Å². The first-order chi connectivity index (χ1) is 8.93. The molecule has 0 saturated heterocycles. The van der Waals surface area contributed by atoms with Crippen LogP contribution in [0.3, 0.4) is 0 Å². The van der Waals surface area contributed by atoms with E-state index in [0.29, 0.717) is 12.4 Å². The second-order valence-corrected chi connectivity index (χ2v) is 3.87. The molecule has 0 aliphatic heterocycles. The van der Waals surface area contributed by atoms with Gasteiger partial charge in [-0.05, 0) is 24.1 Å². The molecule has 0 amide bonds. The molecule has 0 fully saturated rings. The summed E-state index contributed by atoms with van der Waals surface area (Å²) >= 11 is 0. The highest BCUT2D eigenvalue weighted by atomic mass is 19.2. The van der Waals surface area contributed by atoms with Gasteiger partial charge >= 0.3 is 0 Å². The van der Waals surface area contributed by atoms with Crippen molar-refractivity contribution in [1.29, 1.82) is 0 Å². The van der Waals surface area contributed by atoms with Crippen LogP contribution in [0.4, 0.5) is 8.78 Å². The summed E-state index contributed by atoms with van der Waals surface area (Å²) in [5, 5.41) is 0. The Labute approximate surface area is 114 Å². The Kier molecular flexibility index (Phi) is 8.18. The van der Waals surface area contributed by atoms with Gasteiger partial charge in [-0.15, -0.1) is 0 Å². The molecule has 0 aromatic rings. The fourth-order valence-corrected chi connectivity index (χ4v) is 1.06. The summed E-state index contributed by atoms with van der Waals surface area (Å²) in [7, 11) is 0. The van der Waals surface area contributed by atoms with Crippen LogP contribution in [0, 0.1) is 0 Å². The normalized spacial score (nSPS) is 11.9. The van der Waals surface area contributed by atoms with Gasteiger partial charge in [0.05, 0.1) is 6.61 Å². The van der Waals surface area contributed by atoms with E-state index >= 15 is 0 Å². The summed E-state index contributed by atoms with van der Waals surface area (Å²) in [6, 6.07) is 0. The van der Waals surface area contributed by atoms with Gasteiger partial charge < -0.3 is 4.74 Å². The van der Waals surface area contributed by atoms with Gasteiger partial charge in [-0.1, -0.05) is 45.7 Å². The van der Waals surface area contributed by atoms with E-state index in [1.54, 1.807) is 6.08 Å². The summed E-state index contributed by atoms with van der Waals surface area (Å²) in [6.07, 6.45) is 5.76. The molecule has 0 saturated carbocycles. The number of ether oxygens (including phenoxy) is 1. The highest BCUT2D eigenvalue weighted by Gasteiger charge is 2.08. The van der Waals surface area contributed by atoms with Crippen LogP contribution >= 0.6 is 0 Å². The first-order valence-corrected chi connectivity index (χ1v) is 6.00. The van der Waals surface area contributed by atoms with Gasteiger partial charge in [-0.3, -0.25) is 0 Å². The van der Waals surface area contributed by atoms with Crippen molar-refractivity contribution >= 4 is 0 Å². The largest absolute Gasteiger partial charge is 0.494 e. The molecule has 0 bridgehead atoms. The zero-order valence-corrected chi connectivity index (χ0v) is 11.3. The quantitative estimate of drug-likeness (QED) is 0.312. The first-order valence-electron chi connectivity index (χ1n) is 6.00. The molecule has 0 aliphatic carbocycles. The lowest BCUT2D eigenvalue weighted by molar-refractivity contribution is 0.221. The standard InChI is InChI=1S/C16H20F2O/c1-6-8-11-19-13(4)10-9-12(3)14(5)16(18)15(17)7-2/h7,9-10H,2-6,8,11H2,1H3/b10-9-,16-15-. The SMILES string of the molecule is C=C/C(F)=C(/F)C(=C)C(=C)/C=C\C(=C)OCCCC. The van der Waals surface area contributed by atoms with E-state index in [1.807, 2.05) is 0 Å². The third-order valence-corrected chi connectivity index (χ3v) is 2.30. The van der Waals surface area contributed by atoms with E-state index in [-0.39, 0.29) is 11.1 Å². The number of halogens is 2. The van der Waals surface area contributed by atoms with Gasteiger partial charge in [0.2, 0.25) is 0 Å². The molecular weight excluding hydrogens is 246 g/mol. The van der Waals surface area contributed by atoms with Crippen molar-refractivity contribution in [3.8, 4) is 0 Å². The summed E-state index contributed by atoms with van der Waals surface area (Å²) in [4.78, 5) is 0. The van der Waals surface area contributed by atoms with Crippen molar-refractivity contribution in [2.45, 2.75) is 19.8 Å². The molecule has 0 aromatic heterocycles. The van der Waals surface area contributed by atoms with Crippen LogP contribution in [0.5, 0.6) is 0 Å². The number of rotatable bonds is 9. The highest BCUT2D eigenvalue weighted by molar-refractivity contribution is 5.48. The van der Waals surface area contributed by atoms with Gasteiger partial charge in [0.25, 0.3) is 0 Å². The maximum atomic E-state index is 13.4. The molecule has 0 aliphatic rings. The van der Waals surface area contributed by atoms with Crippen LogP contribution in [-0.2, 0) is 4.74 Å². The van der Waals surface area contributed by atoms with Crippen molar-refractivity contribution in [2.24, 2.45) is 0 Å². The fourth-order valence-electron chi connectivity index (χ4n) is 1.06. The molecule has 0 radical (unpaired) electrons. The highest BCUT2D eigenvalue weighted by Crippen LogP contribution is 2.23. The molecule has 0 spiro atoms. The minimum atomic E-state index is -1.07. The first kappa shape index (κ1) is 17.1. The van der Waals surface area contributed by atoms with Crippen LogP contribution in [0.1, 0.15) is 19.8 Å². The zero-order chi connectivity index (χ0) is 14.8. The summed E-state index contributed by atoms with van der Waals surface area (Å²) in [6.45, 7) is 16.5. The van der Waals surface area contributed by atoms with E-state index in [9.17, 15) is 8.78 Å². The lowest BCUT2D eigenvalue weighted by Gasteiger charge is -2.05. The number of unbranched alkanes of at least 4 members (excludes halogenated alkanes) is 1. The Morgan fingerprint density at radius 2 is 1.79 bits per heavy atom. The molecule has 0 N–H and O–H groups in total. The molecule has 0 aromatic carbocycles. The van der Waals surface area contributed by atoms with Gasteiger partial charge in [-0.2, -0.15) is 0 Å². The molecular formula is C16H20F2O. The molecule has 19 heavy (non-hydrogen) atoms. The van der Waals surface area contributed by atoms with Gasteiger partial charge in [-0.25, -0.2) is 8.78 Å². The number of hydrogen-bond acceptors (Lipinski definition) is 1. The average molecular weight is 266 g/mol. The predicted octanol–water partition coefficient (Wildman–Crippen LogP) is 5.32. The lowest BCUT2D eigenvalue weighted by Crippen LogP contribution is -1.92. The maximum Gasteiger partial charge on any atom is 0.165 e. The Morgan fingerprint density at radius 3 is 2.32 bits per heavy atom. The van der Waals surface area contributed by atoms with Crippen molar-refractivity contribution in [1.82, 2.24) is 0 Å². The summed E-state index contributed by atoms with van der Waals surface area (Å²) < 4.78 is 31.7. The average Bonchev–Trinajstić information content (AvgIpc) is 2.42. The van der Waals surface area contributed by atoms with Crippen LogP contribution in [0.25, 0.3) is 0 Å². The van der Waals surface area contributed by atoms with Crippen molar-refractivity contribution < 1.29 is 13.5 Å². The zero-order valence-electron chi connectivity index (χ0n) is 11.3. The molecule has 1 nitrogen and oxygen atoms in total. The Morgan fingerprint density at radius 1 is 1.16 bits per heavy atom. The molecule has 0 atom stereocenters. The van der Waals surface area contributed by atoms with E-state index in [4.69, 9.17) is 4.74 Å². The number of allylic oxidation sites excluding steroid dienone is 7. The van der Waals surface area contributed by atoms with Crippen molar-refractivity contribution in [3.05, 3.63) is 73.1 Å². The molecule has 0 heterocycles. The van der Waals surface area contributed by atoms with E-state index < -0.39 is 11.7 Å². The third kappa shape index (κ3) is 6.55. The summed E-state index contributed by atoms with van der Waals surface area (Å²) in [5.41, 5.74) is 0.116. The van der Waals surface area contributed by atoms with Crippen LogP contribution < -0.4 is 0 Å². The smallest absolute Gasteiger partial charge is 0.165 e. The Hall–Kier alpha value is -1.90. The fraction of sp³-hybridized carbons (Fsp3) is 0.250. The molecule has 3 heteroatoms. The molecule has 0 rings (SSSR count). The maximum absolute atomic E-state index is 13.4. The minimum absolute atomic E-state index is 0.130. The molecule has 104 valence electrons.